The number of benzene rings is 1. The highest BCUT2D eigenvalue weighted by Crippen LogP contribution is 2.61. The molecule has 1 aromatic heterocycles. The maximum Gasteiger partial charge on any atom is 0.226 e. The van der Waals surface area contributed by atoms with E-state index in [4.69, 9.17) is 4.74 Å². The largest absolute Gasteiger partial charge is 0.496 e. The zero-order valence-electron chi connectivity index (χ0n) is 16.3. The van der Waals surface area contributed by atoms with Gasteiger partial charge in [0.25, 0.3) is 0 Å². The molecule has 1 N–H and O–H groups in total. The van der Waals surface area contributed by atoms with Gasteiger partial charge in [0, 0.05) is 11.8 Å². The third-order valence-corrected chi connectivity index (χ3v) is 8.06. The van der Waals surface area contributed by atoms with E-state index in [2.05, 4.69) is 15.5 Å². The second-order valence-electron chi connectivity index (χ2n) is 8.97. The molecule has 6 heteroatoms. The minimum atomic E-state index is -0.0147. The van der Waals surface area contributed by atoms with Crippen molar-refractivity contribution < 1.29 is 9.53 Å². The summed E-state index contributed by atoms with van der Waals surface area (Å²) in [6, 6.07) is 7.84. The van der Waals surface area contributed by atoms with Crippen LogP contribution >= 0.6 is 11.3 Å². The average molecular weight is 398 g/mol. The molecule has 4 aliphatic carbocycles. The van der Waals surface area contributed by atoms with E-state index in [1.165, 1.54) is 38.5 Å². The number of para-hydroxylation sites is 1. The van der Waals surface area contributed by atoms with E-state index >= 15 is 0 Å². The lowest BCUT2D eigenvalue weighted by Gasteiger charge is -2.55. The third kappa shape index (κ3) is 3.32. The number of aryl methyl sites for hydroxylation is 1. The van der Waals surface area contributed by atoms with Crippen LogP contribution in [0.5, 0.6) is 5.75 Å². The summed E-state index contributed by atoms with van der Waals surface area (Å²) < 4.78 is 5.36. The highest BCUT2D eigenvalue weighted by molar-refractivity contribution is 7.15. The zero-order valence-corrected chi connectivity index (χ0v) is 17.1. The monoisotopic (exact) mass is 397 g/mol. The second kappa shape index (κ2) is 7.14. The predicted molar refractivity (Wildman–Crippen MR) is 110 cm³/mol. The van der Waals surface area contributed by atoms with E-state index in [0.29, 0.717) is 18.0 Å². The van der Waals surface area contributed by atoms with Crippen molar-refractivity contribution in [1.29, 1.82) is 0 Å². The molecule has 5 nitrogen and oxygen atoms in total. The lowest BCUT2D eigenvalue weighted by Crippen LogP contribution is -2.48. The van der Waals surface area contributed by atoms with Crippen molar-refractivity contribution in [2.24, 2.45) is 17.8 Å². The fourth-order valence-corrected chi connectivity index (χ4v) is 7.18. The molecule has 6 rings (SSSR count). The van der Waals surface area contributed by atoms with E-state index in [9.17, 15) is 4.79 Å². The molecule has 28 heavy (non-hydrogen) atoms. The van der Waals surface area contributed by atoms with Crippen molar-refractivity contribution in [2.45, 2.75) is 56.8 Å². The van der Waals surface area contributed by atoms with E-state index in [1.807, 2.05) is 24.3 Å². The van der Waals surface area contributed by atoms with Crippen LogP contribution in [0.3, 0.4) is 0 Å². The molecule has 1 heterocycles. The number of methoxy groups -OCH3 is 1. The molecule has 0 aliphatic heterocycles. The van der Waals surface area contributed by atoms with Gasteiger partial charge in [-0.1, -0.05) is 29.5 Å². The van der Waals surface area contributed by atoms with Gasteiger partial charge in [-0.15, -0.1) is 10.2 Å². The van der Waals surface area contributed by atoms with Crippen molar-refractivity contribution in [3.63, 3.8) is 0 Å². The Morgan fingerprint density at radius 3 is 2.50 bits per heavy atom. The summed E-state index contributed by atoms with van der Waals surface area (Å²) in [5.74, 6) is 3.46. The number of aromatic nitrogens is 2. The SMILES string of the molecule is COc1ccccc1CCC(=O)Nc1nnc(C23CC4CC(CC(C4)C2)C3)s1. The molecule has 1 amide bonds. The van der Waals surface area contributed by atoms with E-state index in [-0.39, 0.29) is 11.3 Å². The Bertz CT molecular complexity index is 843. The molecule has 0 radical (unpaired) electrons. The van der Waals surface area contributed by atoms with Gasteiger partial charge >= 0.3 is 0 Å². The fraction of sp³-hybridized carbons (Fsp3) is 0.591. The molecule has 0 atom stereocenters. The Morgan fingerprint density at radius 2 is 1.82 bits per heavy atom. The lowest BCUT2D eigenvalue weighted by molar-refractivity contribution is -0.116. The first-order valence-electron chi connectivity index (χ1n) is 10.4. The molecule has 4 saturated carbocycles. The van der Waals surface area contributed by atoms with E-state index in [1.54, 1.807) is 18.4 Å². The Balaban J connectivity index is 1.23. The van der Waals surface area contributed by atoms with Gasteiger partial charge in [0.2, 0.25) is 11.0 Å². The van der Waals surface area contributed by atoms with Gasteiger partial charge in [0.15, 0.2) is 0 Å². The lowest BCUT2D eigenvalue weighted by atomic mass is 9.50. The van der Waals surface area contributed by atoms with Crippen LogP contribution in [0.2, 0.25) is 0 Å². The average Bonchev–Trinajstić information content (AvgIpc) is 3.15. The highest BCUT2D eigenvalue weighted by atomic mass is 32.1. The molecule has 0 saturated heterocycles. The predicted octanol–water partition coefficient (Wildman–Crippen LogP) is 4.59. The third-order valence-electron chi connectivity index (χ3n) is 6.98. The maximum absolute atomic E-state index is 12.4. The van der Waals surface area contributed by atoms with Crippen LogP contribution in [0.15, 0.2) is 24.3 Å². The number of amides is 1. The van der Waals surface area contributed by atoms with Crippen LogP contribution in [0.1, 0.15) is 55.5 Å². The number of carbonyl (C=O) groups excluding carboxylic acids is 1. The van der Waals surface area contributed by atoms with Gasteiger partial charge in [-0.25, -0.2) is 0 Å². The van der Waals surface area contributed by atoms with Crippen molar-refractivity contribution in [3.8, 4) is 5.75 Å². The van der Waals surface area contributed by atoms with Crippen molar-refractivity contribution in [2.75, 3.05) is 12.4 Å². The molecule has 0 spiro atoms. The first-order valence-corrected chi connectivity index (χ1v) is 11.2. The molecule has 4 bridgehead atoms. The Hall–Kier alpha value is -1.95. The summed E-state index contributed by atoms with van der Waals surface area (Å²) in [4.78, 5) is 12.4. The quantitative estimate of drug-likeness (QED) is 0.774. The highest BCUT2D eigenvalue weighted by Gasteiger charge is 2.53. The summed E-state index contributed by atoms with van der Waals surface area (Å²) in [5, 5.41) is 13.6. The minimum absolute atomic E-state index is 0.0147. The van der Waals surface area contributed by atoms with Crippen LogP contribution in [-0.2, 0) is 16.6 Å². The summed E-state index contributed by atoms with van der Waals surface area (Å²) >= 11 is 1.60. The van der Waals surface area contributed by atoms with Gasteiger partial charge in [0.05, 0.1) is 7.11 Å². The normalized spacial score (nSPS) is 30.4. The second-order valence-corrected chi connectivity index (χ2v) is 9.95. The van der Waals surface area contributed by atoms with Gasteiger partial charge in [-0.2, -0.15) is 0 Å². The van der Waals surface area contributed by atoms with E-state index in [0.717, 1.165) is 34.1 Å². The first-order chi connectivity index (χ1) is 13.6. The number of nitrogens with zero attached hydrogens (tertiary/aromatic N) is 2. The number of hydrogen-bond donors (Lipinski definition) is 1. The summed E-state index contributed by atoms with van der Waals surface area (Å²) in [5.41, 5.74) is 1.29. The van der Waals surface area contributed by atoms with Crippen LogP contribution in [0, 0.1) is 17.8 Å². The number of anilines is 1. The van der Waals surface area contributed by atoms with Crippen LogP contribution in [0.25, 0.3) is 0 Å². The number of nitrogens with one attached hydrogen (secondary N) is 1. The fourth-order valence-electron chi connectivity index (χ4n) is 6.20. The molecular formula is C22H27N3O2S. The maximum atomic E-state index is 12.4. The molecule has 2 aromatic rings. The van der Waals surface area contributed by atoms with Crippen molar-refractivity contribution in [3.05, 3.63) is 34.8 Å². The standard InChI is InChI=1S/C22H27N3O2S/c1-27-18-5-3-2-4-17(18)6-7-19(26)23-21-25-24-20(28-21)22-11-14-8-15(12-22)10-16(9-14)13-22/h2-5,14-16H,6-13H2,1H3,(H,23,25,26). The summed E-state index contributed by atoms with van der Waals surface area (Å²) in [6.07, 6.45) is 9.14. The summed E-state index contributed by atoms with van der Waals surface area (Å²) in [7, 11) is 1.66. The van der Waals surface area contributed by atoms with Crippen molar-refractivity contribution in [1.82, 2.24) is 10.2 Å². The molecule has 1 aromatic carbocycles. The van der Waals surface area contributed by atoms with Crippen molar-refractivity contribution >= 4 is 22.4 Å². The number of hydrogen-bond acceptors (Lipinski definition) is 5. The smallest absolute Gasteiger partial charge is 0.226 e. The summed E-state index contributed by atoms with van der Waals surface area (Å²) in [6.45, 7) is 0. The van der Waals surface area contributed by atoms with Gasteiger partial charge in [-0.05, 0) is 74.3 Å². The molecular weight excluding hydrogens is 370 g/mol. The molecule has 4 fully saturated rings. The minimum Gasteiger partial charge on any atom is -0.496 e. The Morgan fingerprint density at radius 1 is 1.14 bits per heavy atom. The van der Waals surface area contributed by atoms with Crippen LogP contribution in [-0.4, -0.2) is 23.2 Å². The Labute approximate surface area is 169 Å². The molecule has 0 unspecified atom stereocenters. The van der Waals surface area contributed by atoms with Gasteiger partial charge in [-0.3, -0.25) is 4.79 Å². The first kappa shape index (κ1) is 18.1. The van der Waals surface area contributed by atoms with E-state index < -0.39 is 0 Å². The topological polar surface area (TPSA) is 64.1 Å². The Kier molecular flexibility index (Phi) is 4.62. The van der Waals surface area contributed by atoms with Gasteiger partial charge < -0.3 is 10.1 Å². The number of ether oxygens (including phenoxy) is 1. The number of carbonyl (C=O) groups is 1. The van der Waals surface area contributed by atoms with Crippen LogP contribution < -0.4 is 10.1 Å². The van der Waals surface area contributed by atoms with Crippen LogP contribution in [0.4, 0.5) is 5.13 Å². The molecule has 148 valence electrons. The zero-order chi connectivity index (χ0) is 19.1. The molecule has 4 aliphatic rings. The van der Waals surface area contributed by atoms with Gasteiger partial charge in [0.1, 0.15) is 10.8 Å². The number of rotatable bonds is 6.